The molecule has 156 valence electrons. The van der Waals surface area contributed by atoms with Gasteiger partial charge < -0.3 is 24.4 Å². The van der Waals surface area contributed by atoms with Gasteiger partial charge in [-0.25, -0.2) is 4.98 Å². The van der Waals surface area contributed by atoms with E-state index >= 15 is 0 Å². The quantitative estimate of drug-likeness (QED) is 0.512. The highest BCUT2D eigenvalue weighted by molar-refractivity contribution is 7.17. The zero-order valence-corrected chi connectivity index (χ0v) is 18.2. The lowest BCUT2D eigenvalue weighted by molar-refractivity contribution is -1.02. The van der Waals surface area contributed by atoms with Crippen LogP contribution >= 0.6 is 11.3 Å². The van der Waals surface area contributed by atoms with Crippen molar-refractivity contribution in [3.63, 3.8) is 0 Å². The van der Waals surface area contributed by atoms with E-state index in [9.17, 15) is 5.11 Å². The van der Waals surface area contributed by atoms with E-state index in [2.05, 4.69) is 23.1 Å². The number of aromatic hydroxyl groups is 1. The van der Waals surface area contributed by atoms with E-state index in [-0.39, 0.29) is 11.9 Å². The van der Waals surface area contributed by atoms with Crippen LogP contribution in [0, 0.1) is 6.92 Å². The molecule has 0 spiro atoms. The van der Waals surface area contributed by atoms with Crippen LogP contribution in [0.4, 0.5) is 0 Å². The molecule has 4 rings (SSSR count). The van der Waals surface area contributed by atoms with Crippen molar-refractivity contribution in [3.8, 4) is 17.4 Å². The summed E-state index contributed by atoms with van der Waals surface area (Å²) in [4.78, 5) is 9.08. The van der Waals surface area contributed by atoms with Crippen molar-refractivity contribution < 1.29 is 24.4 Å². The number of methoxy groups -OCH3 is 2. The fraction of sp³-hybridized carbons (Fsp3) is 0.500. The first-order valence-corrected chi connectivity index (χ1v) is 10.8. The van der Waals surface area contributed by atoms with Gasteiger partial charge in [0.2, 0.25) is 10.8 Å². The topological polar surface area (TPSA) is 77.8 Å². The van der Waals surface area contributed by atoms with E-state index in [1.54, 1.807) is 23.6 Å². The van der Waals surface area contributed by atoms with Gasteiger partial charge in [0.05, 0.1) is 26.3 Å². The lowest BCUT2D eigenvalue weighted by Gasteiger charge is -2.34. The Kier molecular flexibility index (Phi) is 5.62. The number of nitrogens with zero attached hydrogens (tertiary/aromatic N) is 3. The second-order valence-corrected chi connectivity index (χ2v) is 8.46. The Hall–Kier alpha value is -2.36. The number of piperazine rings is 1. The number of rotatable bonds is 6. The predicted octanol–water partition coefficient (Wildman–Crippen LogP) is -0.285. The number of ether oxygens (including phenoxy) is 2. The first-order valence-electron chi connectivity index (χ1n) is 10.0. The Morgan fingerprint density at radius 1 is 1.21 bits per heavy atom. The molecule has 0 unspecified atom stereocenters. The van der Waals surface area contributed by atoms with Crippen LogP contribution in [0.15, 0.2) is 18.2 Å². The molecule has 29 heavy (non-hydrogen) atoms. The van der Waals surface area contributed by atoms with Gasteiger partial charge in [0.15, 0.2) is 6.04 Å². The molecule has 1 atom stereocenters. The van der Waals surface area contributed by atoms with Crippen molar-refractivity contribution in [2.24, 2.45) is 0 Å². The van der Waals surface area contributed by atoms with Crippen LogP contribution in [0.2, 0.25) is 0 Å². The zero-order valence-electron chi connectivity index (χ0n) is 17.4. The summed E-state index contributed by atoms with van der Waals surface area (Å²) in [7, 11) is 3.33. The average Bonchev–Trinajstić information content (AvgIpc) is 3.26. The third-order valence-electron chi connectivity index (χ3n) is 5.83. The van der Waals surface area contributed by atoms with Gasteiger partial charge >= 0.3 is 0 Å². The second kappa shape index (κ2) is 8.17. The molecule has 1 aliphatic heterocycles. The fourth-order valence-electron chi connectivity index (χ4n) is 4.21. The minimum absolute atomic E-state index is 0.0527. The molecule has 1 fully saturated rings. The molecule has 3 N–H and O–H groups in total. The van der Waals surface area contributed by atoms with Gasteiger partial charge in [0.25, 0.3) is 0 Å². The van der Waals surface area contributed by atoms with E-state index in [4.69, 9.17) is 9.47 Å². The van der Waals surface area contributed by atoms with Crippen LogP contribution in [0.5, 0.6) is 17.4 Å². The largest absolute Gasteiger partial charge is 0.497 e. The van der Waals surface area contributed by atoms with Gasteiger partial charge in [-0.15, -0.1) is 5.10 Å². The number of aromatic nitrogens is 3. The summed E-state index contributed by atoms with van der Waals surface area (Å²) in [5.74, 6) is 2.35. The Balaban J connectivity index is 1.81. The highest BCUT2D eigenvalue weighted by atomic mass is 32.1. The molecular formula is C20H29N5O3S+2. The maximum Gasteiger partial charge on any atom is 0.235 e. The number of thiazole rings is 1. The van der Waals surface area contributed by atoms with Gasteiger partial charge in [-0.05, 0) is 26.0 Å². The number of nitrogens with one attached hydrogen (secondary N) is 2. The minimum atomic E-state index is -0.0527. The molecule has 9 heteroatoms. The van der Waals surface area contributed by atoms with Crippen molar-refractivity contribution in [3.05, 3.63) is 34.5 Å². The maximum atomic E-state index is 11.0. The minimum Gasteiger partial charge on any atom is -0.497 e. The van der Waals surface area contributed by atoms with Gasteiger partial charge in [-0.3, -0.25) is 0 Å². The van der Waals surface area contributed by atoms with Crippen LogP contribution < -0.4 is 19.3 Å². The molecule has 3 heterocycles. The monoisotopic (exact) mass is 419 g/mol. The summed E-state index contributed by atoms with van der Waals surface area (Å²) in [6, 6.07) is 5.86. The van der Waals surface area contributed by atoms with Crippen LogP contribution in [0.1, 0.15) is 29.2 Å². The molecule has 1 aromatic carbocycles. The molecule has 2 aromatic heterocycles. The summed E-state index contributed by atoms with van der Waals surface area (Å²) >= 11 is 1.50. The van der Waals surface area contributed by atoms with Gasteiger partial charge in [-0.2, -0.15) is 4.52 Å². The van der Waals surface area contributed by atoms with E-state index in [1.165, 1.54) is 16.2 Å². The highest BCUT2D eigenvalue weighted by Gasteiger charge is 2.37. The van der Waals surface area contributed by atoms with Gasteiger partial charge in [0.1, 0.15) is 48.4 Å². The number of likely N-dealkylation sites (N-methyl/N-ethyl adjacent to an activating group) is 1. The number of aryl methyl sites for hydroxylation is 1. The smallest absolute Gasteiger partial charge is 0.235 e. The normalized spacial score (nSPS) is 20.7. The van der Waals surface area contributed by atoms with E-state index in [0.717, 1.165) is 54.7 Å². The molecule has 1 saturated heterocycles. The van der Waals surface area contributed by atoms with E-state index < -0.39 is 0 Å². The summed E-state index contributed by atoms with van der Waals surface area (Å²) in [5.41, 5.74) is 1.04. The average molecular weight is 420 g/mol. The van der Waals surface area contributed by atoms with E-state index in [1.807, 2.05) is 19.1 Å². The number of benzene rings is 1. The van der Waals surface area contributed by atoms with Crippen LogP contribution in [-0.4, -0.2) is 66.6 Å². The molecule has 0 aliphatic carbocycles. The SMILES string of the molecule is CC[NH+]1CC[NH+]([C@H](c2ccc(OC)cc2OC)c2sc3nc(C)nn3c2O)CC1. The molecule has 0 amide bonds. The Bertz CT molecular complexity index is 994. The molecule has 8 nitrogen and oxygen atoms in total. The Morgan fingerprint density at radius 2 is 1.97 bits per heavy atom. The lowest BCUT2D eigenvalue weighted by Crippen LogP contribution is -3.28. The third kappa shape index (κ3) is 3.65. The number of fused-ring (bicyclic) bond motifs is 1. The molecule has 3 aromatic rings. The first-order chi connectivity index (χ1) is 14.0. The Morgan fingerprint density at radius 3 is 2.59 bits per heavy atom. The van der Waals surface area contributed by atoms with Crippen molar-refractivity contribution >= 4 is 16.3 Å². The first kappa shape index (κ1) is 19.9. The molecule has 0 saturated carbocycles. The lowest BCUT2D eigenvalue weighted by atomic mass is 10.0. The standard InChI is InChI=1S/C20H27N5O3S/c1-5-23-8-10-24(11-9-23)17(15-7-6-14(27-3)12-16(15)28-4)18-19(26)25-20(29-18)21-13(2)22-25/h6-7,12,17,26H,5,8-11H2,1-4H3/p+2/t17-/m1/s1. The molecular weight excluding hydrogens is 390 g/mol. The summed E-state index contributed by atoms with van der Waals surface area (Å²) < 4.78 is 12.7. The summed E-state index contributed by atoms with van der Waals surface area (Å²) in [6.45, 7) is 9.48. The van der Waals surface area contributed by atoms with E-state index in [0.29, 0.717) is 10.8 Å². The van der Waals surface area contributed by atoms with Crippen molar-refractivity contribution in [2.75, 3.05) is 46.9 Å². The summed E-state index contributed by atoms with van der Waals surface area (Å²) in [6.07, 6.45) is 0. The van der Waals surface area contributed by atoms with Crippen molar-refractivity contribution in [1.29, 1.82) is 0 Å². The predicted molar refractivity (Wildman–Crippen MR) is 111 cm³/mol. The number of quaternary nitrogens is 2. The van der Waals surface area contributed by atoms with Crippen LogP contribution in [0.3, 0.4) is 0 Å². The zero-order chi connectivity index (χ0) is 20.5. The van der Waals surface area contributed by atoms with Crippen molar-refractivity contribution in [2.45, 2.75) is 19.9 Å². The van der Waals surface area contributed by atoms with Gasteiger partial charge in [0, 0.05) is 6.07 Å². The highest BCUT2D eigenvalue weighted by Crippen LogP contribution is 2.39. The van der Waals surface area contributed by atoms with Crippen LogP contribution in [-0.2, 0) is 0 Å². The fourth-order valence-corrected chi connectivity index (χ4v) is 5.38. The number of hydrogen-bond acceptors (Lipinski definition) is 6. The number of hydrogen-bond donors (Lipinski definition) is 3. The van der Waals surface area contributed by atoms with Crippen molar-refractivity contribution in [1.82, 2.24) is 14.6 Å². The van der Waals surface area contributed by atoms with Gasteiger partial charge in [-0.1, -0.05) is 11.3 Å². The molecule has 1 aliphatic rings. The third-order valence-corrected chi connectivity index (χ3v) is 6.91. The maximum absolute atomic E-state index is 11.0. The molecule has 0 radical (unpaired) electrons. The molecule has 0 bridgehead atoms. The Labute approximate surface area is 174 Å². The van der Waals surface area contributed by atoms with Crippen LogP contribution in [0.25, 0.3) is 4.96 Å². The second-order valence-electron chi connectivity index (χ2n) is 7.45. The summed E-state index contributed by atoms with van der Waals surface area (Å²) in [5, 5.41) is 15.4.